The van der Waals surface area contributed by atoms with Crippen molar-refractivity contribution >= 4 is 28.4 Å². The molecule has 0 aliphatic carbocycles. The van der Waals surface area contributed by atoms with Crippen LogP contribution in [0.5, 0.6) is 5.75 Å². The molecule has 0 saturated carbocycles. The third-order valence-electron chi connectivity index (χ3n) is 3.88. The van der Waals surface area contributed by atoms with Crippen LogP contribution >= 0.6 is 0 Å². The minimum Gasteiger partial charge on any atom is -0.491 e. The van der Waals surface area contributed by atoms with Gasteiger partial charge in [0, 0.05) is 5.56 Å². The Kier molecular flexibility index (Phi) is 5.42. The number of ether oxygens (including phenoxy) is 1. The molecule has 0 aliphatic heterocycles. The first-order valence-corrected chi connectivity index (χ1v) is 8.52. The van der Waals surface area contributed by atoms with Crippen LogP contribution in [0.15, 0.2) is 51.7 Å². The largest absolute Gasteiger partial charge is 0.491 e. The Hall–Kier alpha value is -3.65. The normalized spacial score (nSPS) is 10.7. The van der Waals surface area contributed by atoms with E-state index in [0.717, 1.165) is 0 Å². The van der Waals surface area contributed by atoms with E-state index in [1.807, 2.05) is 13.8 Å². The Morgan fingerprint density at radius 1 is 1.21 bits per heavy atom. The Bertz CT molecular complexity index is 1090. The van der Waals surface area contributed by atoms with Gasteiger partial charge in [-0.05, 0) is 50.2 Å². The zero-order valence-corrected chi connectivity index (χ0v) is 15.3. The van der Waals surface area contributed by atoms with Crippen LogP contribution in [0, 0.1) is 11.7 Å². The van der Waals surface area contributed by atoms with Gasteiger partial charge >= 0.3 is 0 Å². The maximum atomic E-state index is 12.7. The van der Waals surface area contributed by atoms with Gasteiger partial charge in [0.2, 0.25) is 5.43 Å². The third kappa shape index (κ3) is 3.86. The molecular formula is C20H19N4O4. The molecule has 0 spiro atoms. The first kappa shape index (κ1) is 19.1. The number of carbonyl (C=O) groups excluding carboxylic acids is 1. The molecule has 1 radical (unpaired) electrons. The number of rotatable bonds is 5. The Balaban J connectivity index is 1.88. The molecule has 3 aromatic rings. The highest BCUT2D eigenvalue weighted by molar-refractivity contribution is 6.07. The topological polar surface area (TPSA) is 130 Å². The molecule has 0 unspecified atom stereocenters. The Morgan fingerprint density at radius 2 is 1.93 bits per heavy atom. The fraction of sp³-hybridized carbons (Fsp3) is 0.150. The van der Waals surface area contributed by atoms with Gasteiger partial charge in [-0.3, -0.25) is 15.0 Å². The van der Waals surface area contributed by atoms with Crippen molar-refractivity contribution in [3.8, 4) is 5.75 Å². The molecule has 2 aromatic carbocycles. The summed E-state index contributed by atoms with van der Waals surface area (Å²) >= 11 is 0. The second-order valence-electron chi connectivity index (χ2n) is 6.25. The van der Waals surface area contributed by atoms with E-state index in [9.17, 15) is 9.59 Å². The van der Waals surface area contributed by atoms with E-state index in [-0.39, 0.29) is 28.6 Å². The molecule has 1 amide bonds. The van der Waals surface area contributed by atoms with Crippen LogP contribution < -0.4 is 26.8 Å². The molecule has 0 bridgehead atoms. The number of amidine groups is 1. The first-order chi connectivity index (χ1) is 13.4. The standard InChI is InChI=1S/C20H19N4O4/c1-11(2)28-13-8-6-12(7-9-13)20(26)23-16-10-27-18-14(17(16)25)4-3-5-15(18)19(21)24-22/h3-9,11H,22H2,1-2H3,(H2,21,24)(H,23,26). The third-order valence-corrected chi connectivity index (χ3v) is 3.88. The summed E-state index contributed by atoms with van der Waals surface area (Å²) in [4.78, 5) is 25.1. The highest BCUT2D eigenvalue weighted by atomic mass is 16.5. The van der Waals surface area contributed by atoms with Crippen LogP contribution in [0.2, 0.25) is 0 Å². The molecule has 1 aromatic heterocycles. The fourth-order valence-corrected chi connectivity index (χ4v) is 2.61. The number of fused-ring (bicyclic) bond motifs is 1. The number of carbonyl (C=O) groups is 1. The smallest absolute Gasteiger partial charge is 0.255 e. The lowest BCUT2D eigenvalue weighted by Gasteiger charge is -2.10. The quantitative estimate of drug-likeness (QED) is 0.233. The van der Waals surface area contributed by atoms with Crippen molar-refractivity contribution in [3.05, 3.63) is 70.1 Å². The van der Waals surface area contributed by atoms with Gasteiger partial charge in [-0.25, -0.2) is 5.84 Å². The molecule has 3 rings (SSSR count). The number of nitrogens with one attached hydrogen (secondary N) is 3. The van der Waals surface area contributed by atoms with Gasteiger partial charge in [-0.15, -0.1) is 0 Å². The summed E-state index contributed by atoms with van der Waals surface area (Å²) in [5, 5.41) is 10.5. The SMILES string of the molecule is CC(C)Oc1ccc(C(=O)Nc2[c]oc3c(C(=N)NN)cccc3c2=O)cc1. The molecule has 8 nitrogen and oxygen atoms in total. The van der Waals surface area contributed by atoms with Crippen LogP contribution in [0.3, 0.4) is 0 Å². The predicted octanol–water partition coefficient (Wildman–Crippen LogP) is 2.42. The summed E-state index contributed by atoms with van der Waals surface area (Å²) in [6.45, 7) is 3.82. The maximum Gasteiger partial charge on any atom is 0.255 e. The van der Waals surface area contributed by atoms with E-state index in [2.05, 4.69) is 17.0 Å². The van der Waals surface area contributed by atoms with Gasteiger partial charge < -0.3 is 19.9 Å². The molecule has 1 heterocycles. The van der Waals surface area contributed by atoms with Crippen molar-refractivity contribution in [2.45, 2.75) is 20.0 Å². The number of hydrazine groups is 1. The molecule has 5 N–H and O–H groups in total. The van der Waals surface area contributed by atoms with Crippen molar-refractivity contribution in [2.24, 2.45) is 5.84 Å². The summed E-state index contributed by atoms with van der Waals surface area (Å²) in [5.74, 6) is 5.32. The van der Waals surface area contributed by atoms with Crippen molar-refractivity contribution in [3.63, 3.8) is 0 Å². The van der Waals surface area contributed by atoms with Gasteiger partial charge in [0.25, 0.3) is 5.91 Å². The average molecular weight is 379 g/mol. The maximum absolute atomic E-state index is 12.7. The molecular weight excluding hydrogens is 360 g/mol. The first-order valence-electron chi connectivity index (χ1n) is 8.52. The lowest BCUT2D eigenvalue weighted by Crippen LogP contribution is -2.30. The number of hydrogen-bond donors (Lipinski definition) is 4. The monoisotopic (exact) mass is 379 g/mol. The van der Waals surface area contributed by atoms with Crippen LogP contribution in [0.4, 0.5) is 5.69 Å². The average Bonchev–Trinajstić information content (AvgIpc) is 2.69. The molecule has 0 aliphatic rings. The van der Waals surface area contributed by atoms with E-state index in [1.54, 1.807) is 36.4 Å². The molecule has 0 atom stereocenters. The fourth-order valence-electron chi connectivity index (χ4n) is 2.61. The molecule has 28 heavy (non-hydrogen) atoms. The highest BCUT2D eigenvalue weighted by Crippen LogP contribution is 2.19. The minimum atomic E-state index is -0.480. The van der Waals surface area contributed by atoms with Crippen molar-refractivity contribution in [1.29, 1.82) is 5.41 Å². The van der Waals surface area contributed by atoms with Crippen molar-refractivity contribution < 1.29 is 13.9 Å². The Morgan fingerprint density at radius 3 is 2.57 bits per heavy atom. The van der Waals surface area contributed by atoms with Crippen molar-refractivity contribution in [2.75, 3.05) is 5.32 Å². The van der Waals surface area contributed by atoms with Crippen LogP contribution in [0.1, 0.15) is 29.8 Å². The summed E-state index contributed by atoms with van der Waals surface area (Å²) in [6.07, 6.45) is 2.45. The number of hydrogen-bond acceptors (Lipinski definition) is 6. The predicted molar refractivity (Wildman–Crippen MR) is 106 cm³/mol. The molecule has 0 fully saturated rings. The van der Waals surface area contributed by atoms with Crippen LogP contribution in [0.25, 0.3) is 11.0 Å². The zero-order valence-electron chi connectivity index (χ0n) is 15.3. The summed E-state index contributed by atoms with van der Waals surface area (Å²) in [5.41, 5.74) is 2.43. The van der Waals surface area contributed by atoms with E-state index in [0.29, 0.717) is 16.9 Å². The number of anilines is 1. The lowest BCUT2D eigenvalue weighted by atomic mass is 10.1. The van der Waals surface area contributed by atoms with Gasteiger partial charge in [-0.1, -0.05) is 6.07 Å². The highest BCUT2D eigenvalue weighted by Gasteiger charge is 2.15. The second kappa shape index (κ2) is 7.93. The van der Waals surface area contributed by atoms with E-state index in [4.69, 9.17) is 20.4 Å². The van der Waals surface area contributed by atoms with Gasteiger partial charge in [0.05, 0.1) is 17.1 Å². The number of nitrogens with two attached hydrogens (primary N) is 1. The zero-order chi connectivity index (χ0) is 20.3. The van der Waals surface area contributed by atoms with Crippen LogP contribution in [-0.4, -0.2) is 17.8 Å². The van der Waals surface area contributed by atoms with E-state index < -0.39 is 11.3 Å². The molecule has 8 heteroatoms. The lowest BCUT2D eigenvalue weighted by molar-refractivity contribution is 0.102. The van der Waals surface area contributed by atoms with E-state index >= 15 is 0 Å². The Labute approximate surface area is 160 Å². The molecule has 143 valence electrons. The van der Waals surface area contributed by atoms with Gasteiger partial charge in [0.15, 0.2) is 6.26 Å². The van der Waals surface area contributed by atoms with Crippen molar-refractivity contribution in [1.82, 2.24) is 5.43 Å². The number of amides is 1. The minimum absolute atomic E-state index is 0.0253. The molecule has 0 saturated heterocycles. The number of para-hydroxylation sites is 1. The van der Waals surface area contributed by atoms with Gasteiger partial charge in [0.1, 0.15) is 22.9 Å². The van der Waals surface area contributed by atoms with Gasteiger partial charge in [-0.2, -0.15) is 0 Å². The summed E-state index contributed by atoms with van der Waals surface area (Å²) in [6, 6.07) is 11.3. The second-order valence-corrected chi connectivity index (χ2v) is 6.25. The number of benzene rings is 2. The summed E-state index contributed by atoms with van der Waals surface area (Å²) < 4.78 is 10.9. The summed E-state index contributed by atoms with van der Waals surface area (Å²) in [7, 11) is 0. The van der Waals surface area contributed by atoms with E-state index in [1.165, 1.54) is 6.07 Å². The van der Waals surface area contributed by atoms with Crippen LogP contribution in [-0.2, 0) is 0 Å².